The second kappa shape index (κ2) is 6.56. The van der Waals surface area contributed by atoms with Gasteiger partial charge in [-0.1, -0.05) is 0 Å². The molecule has 1 saturated carbocycles. The fraction of sp³-hybridized carbons (Fsp3) is 0.818. The number of carbonyl (C=O) groups excluding carboxylic acids is 1. The topological polar surface area (TPSA) is 87.7 Å². The number of rotatable bonds is 7. The number of carbonyl (C=O) groups is 2. The molecule has 3 atom stereocenters. The van der Waals surface area contributed by atoms with E-state index in [1.54, 1.807) is 14.0 Å². The lowest BCUT2D eigenvalue weighted by Crippen LogP contribution is -2.54. The molecule has 0 spiro atoms. The van der Waals surface area contributed by atoms with Gasteiger partial charge in [-0.05, 0) is 19.8 Å². The third-order valence-electron chi connectivity index (χ3n) is 3.05. The number of nitrogens with one attached hydrogen (secondary N) is 2. The van der Waals surface area contributed by atoms with Crippen molar-refractivity contribution < 1.29 is 19.4 Å². The van der Waals surface area contributed by atoms with Crippen LogP contribution in [0.1, 0.15) is 19.8 Å². The van der Waals surface area contributed by atoms with Crippen molar-refractivity contribution in [1.82, 2.24) is 10.6 Å². The van der Waals surface area contributed by atoms with Crippen LogP contribution in [0.4, 0.5) is 0 Å². The Bertz CT molecular complexity index is 283. The Balaban J connectivity index is 2.26. The van der Waals surface area contributed by atoms with Crippen molar-refractivity contribution in [2.24, 2.45) is 5.92 Å². The highest BCUT2D eigenvalue weighted by Crippen LogP contribution is 2.27. The molecule has 0 radical (unpaired) electrons. The van der Waals surface area contributed by atoms with Gasteiger partial charge in [0.15, 0.2) is 0 Å². The average Bonchev–Trinajstić information content (AvgIpc) is 2.23. The molecule has 98 valence electrons. The lowest BCUT2D eigenvalue weighted by atomic mass is 9.79. The van der Waals surface area contributed by atoms with Crippen molar-refractivity contribution in [3.8, 4) is 0 Å². The van der Waals surface area contributed by atoms with E-state index in [0.717, 1.165) is 6.42 Å². The molecule has 3 unspecified atom stereocenters. The summed E-state index contributed by atoms with van der Waals surface area (Å²) in [7, 11) is 1.57. The Morgan fingerprint density at radius 1 is 1.47 bits per heavy atom. The Morgan fingerprint density at radius 2 is 2.18 bits per heavy atom. The Labute approximate surface area is 101 Å². The van der Waals surface area contributed by atoms with Crippen LogP contribution in [0.15, 0.2) is 0 Å². The third-order valence-corrected chi connectivity index (χ3v) is 3.05. The summed E-state index contributed by atoms with van der Waals surface area (Å²) in [5.41, 5.74) is 0. The van der Waals surface area contributed by atoms with Gasteiger partial charge in [0, 0.05) is 19.7 Å². The summed E-state index contributed by atoms with van der Waals surface area (Å²) in [6, 6.07) is -0.463. The smallest absolute Gasteiger partial charge is 0.308 e. The highest BCUT2D eigenvalue weighted by Gasteiger charge is 2.37. The molecule has 1 aliphatic carbocycles. The second-order valence-electron chi connectivity index (χ2n) is 4.30. The molecule has 1 aliphatic rings. The Morgan fingerprint density at radius 3 is 2.65 bits per heavy atom. The molecular formula is C11H20N2O4. The first kappa shape index (κ1) is 13.9. The van der Waals surface area contributed by atoms with Gasteiger partial charge < -0.3 is 20.5 Å². The summed E-state index contributed by atoms with van der Waals surface area (Å²) in [4.78, 5) is 22.4. The first-order valence-electron chi connectivity index (χ1n) is 5.81. The number of amides is 1. The van der Waals surface area contributed by atoms with Crippen molar-refractivity contribution in [2.45, 2.75) is 31.8 Å². The molecule has 0 heterocycles. The molecular weight excluding hydrogens is 224 g/mol. The predicted molar refractivity (Wildman–Crippen MR) is 61.6 cm³/mol. The maximum Gasteiger partial charge on any atom is 0.308 e. The highest BCUT2D eigenvalue weighted by atomic mass is 16.5. The lowest BCUT2D eigenvalue weighted by Gasteiger charge is -2.35. The largest absolute Gasteiger partial charge is 0.481 e. The minimum atomic E-state index is -0.791. The number of hydrogen-bond donors (Lipinski definition) is 3. The van der Waals surface area contributed by atoms with Crippen LogP contribution in [0.25, 0.3) is 0 Å². The molecule has 0 aromatic heterocycles. The first-order chi connectivity index (χ1) is 8.06. The van der Waals surface area contributed by atoms with Gasteiger partial charge in [0.25, 0.3) is 0 Å². The van der Waals surface area contributed by atoms with E-state index in [-0.39, 0.29) is 23.9 Å². The van der Waals surface area contributed by atoms with Crippen molar-refractivity contribution in [3.05, 3.63) is 0 Å². The van der Waals surface area contributed by atoms with Crippen LogP contribution in [-0.4, -0.2) is 49.3 Å². The highest BCUT2D eigenvalue weighted by molar-refractivity contribution is 5.81. The van der Waals surface area contributed by atoms with Crippen molar-refractivity contribution in [2.75, 3.05) is 20.3 Å². The molecule has 0 aromatic rings. The van der Waals surface area contributed by atoms with E-state index in [0.29, 0.717) is 19.6 Å². The monoisotopic (exact) mass is 244 g/mol. The van der Waals surface area contributed by atoms with Gasteiger partial charge >= 0.3 is 5.97 Å². The van der Waals surface area contributed by atoms with E-state index < -0.39 is 5.97 Å². The zero-order valence-corrected chi connectivity index (χ0v) is 10.2. The van der Waals surface area contributed by atoms with Crippen LogP contribution in [-0.2, 0) is 14.3 Å². The summed E-state index contributed by atoms with van der Waals surface area (Å²) in [6.07, 6.45) is 1.50. The SMILES string of the molecule is COCCNC(=O)C(C)NC1CCC1C(=O)O. The van der Waals surface area contributed by atoms with E-state index in [1.165, 1.54) is 0 Å². The molecule has 3 N–H and O–H groups in total. The molecule has 0 aliphatic heterocycles. The third kappa shape index (κ3) is 3.98. The molecule has 1 amide bonds. The molecule has 6 nitrogen and oxygen atoms in total. The Hall–Kier alpha value is -1.14. The van der Waals surface area contributed by atoms with E-state index >= 15 is 0 Å². The van der Waals surface area contributed by atoms with Crippen LogP contribution < -0.4 is 10.6 Å². The minimum Gasteiger partial charge on any atom is -0.481 e. The van der Waals surface area contributed by atoms with E-state index in [1.807, 2.05) is 0 Å². The van der Waals surface area contributed by atoms with Gasteiger partial charge in [0.2, 0.25) is 5.91 Å². The fourth-order valence-electron chi connectivity index (χ4n) is 1.82. The summed E-state index contributed by atoms with van der Waals surface area (Å²) in [5, 5.41) is 14.6. The van der Waals surface area contributed by atoms with Gasteiger partial charge in [-0.15, -0.1) is 0 Å². The zero-order valence-electron chi connectivity index (χ0n) is 10.2. The summed E-state index contributed by atoms with van der Waals surface area (Å²) in [5.74, 6) is -1.27. The first-order valence-corrected chi connectivity index (χ1v) is 5.81. The maximum atomic E-state index is 11.6. The number of hydrogen-bond acceptors (Lipinski definition) is 4. The molecule has 17 heavy (non-hydrogen) atoms. The summed E-state index contributed by atoms with van der Waals surface area (Å²) >= 11 is 0. The lowest BCUT2D eigenvalue weighted by molar-refractivity contribution is -0.146. The molecule has 6 heteroatoms. The van der Waals surface area contributed by atoms with E-state index in [4.69, 9.17) is 9.84 Å². The van der Waals surface area contributed by atoms with Crippen LogP contribution in [0.3, 0.4) is 0 Å². The predicted octanol–water partition coefficient (Wildman–Crippen LogP) is -0.410. The van der Waals surface area contributed by atoms with Crippen molar-refractivity contribution in [1.29, 1.82) is 0 Å². The number of carboxylic acids is 1. The van der Waals surface area contributed by atoms with Gasteiger partial charge in [0.1, 0.15) is 0 Å². The number of methoxy groups -OCH3 is 1. The van der Waals surface area contributed by atoms with Gasteiger partial charge in [-0.2, -0.15) is 0 Å². The van der Waals surface area contributed by atoms with Crippen LogP contribution in [0.5, 0.6) is 0 Å². The number of aliphatic carboxylic acids is 1. The summed E-state index contributed by atoms with van der Waals surface area (Å²) in [6.45, 7) is 2.67. The van der Waals surface area contributed by atoms with Crippen LogP contribution in [0.2, 0.25) is 0 Å². The van der Waals surface area contributed by atoms with E-state index in [2.05, 4.69) is 10.6 Å². The normalized spacial score (nSPS) is 24.8. The van der Waals surface area contributed by atoms with Gasteiger partial charge in [-0.25, -0.2) is 0 Å². The summed E-state index contributed by atoms with van der Waals surface area (Å²) < 4.78 is 4.82. The minimum absolute atomic E-state index is 0.0873. The van der Waals surface area contributed by atoms with Gasteiger partial charge in [-0.3, -0.25) is 9.59 Å². The number of ether oxygens (including phenoxy) is 1. The molecule has 0 aromatic carbocycles. The molecule has 1 rings (SSSR count). The quantitative estimate of drug-likeness (QED) is 0.530. The zero-order chi connectivity index (χ0) is 12.8. The number of carboxylic acid groups (broad SMARTS) is 1. The van der Waals surface area contributed by atoms with Crippen LogP contribution in [0, 0.1) is 5.92 Å². The molecule has 1 fully saturated rings. The van der Waals surface area contributed by atoms with Crippen molar-refractivity contribution >= 4 is 11.9 Å². The fourth-order valence-corrected chi connectivity index (χ4v) is 1.82. The van der Waals surface area contributed by atoms with Crippen molar-refractivity contribution in [3.63, 3.8) is 0 Å². The average molecular weight is 244 g/mol. The Kier molecular flexibility index (Phi) is 5.37. The molecule has 0 saturated heterocycles. The standard InChI is InChI=1S/C11H20N2O4/c1-7(10(14)12-5-6-17-2)13-9-4-3-8(9)11(15)16/h7-9,13H,3-6H2,1-2H3,(H,12,14)(H,15,16). The second-order valence-corrected chi connectivity index (χ2v) is 4.30. The van der Waals surface area contributed by atoms with Crippen LogP contribution >= 0.6 is 0 Å². The van der Waals surface area contributed by atoms with E-state index in [9.17, 15) is 9.59 Å². The maximum absolute atomic E-state index is 11.6. The van der Waals surface area contributed by atoms with Gasteiger partial charge in [0.05, 0.1) is 18.6 Å². The molecule has 0 bridgehead atoms.